The number of rotatable bonds is 3. The Morgan fingerprint density at radius 3 is 2.40 bits per heavy atom. The zero-order chi connectivity index (χ0) is 14.8. The van der Waals surface area contributed by atoms with Crippen LogP contribution < -0.4 is 0 Å². The number of aromatic carboxylic acids is 1. The predicted octanol–water partition coefficient (Wildman–Crippen LogP) is 3.34. The van der Waals surface area contributed by atoms with E-state index >= 15 is 0 Å². The molecule has 0 spiro atoms. The number of aromatic nitrogens is 2. The molecular formula is C12H7F3N2O2S. The summed E-state index contributed by atoms with van der Waals surface area (Å²) in [5.74, 6) is -1.62. The summed E-state index contributed by atoms with van der Waals surface area (Å²) in [5.41, 5.74) is -1.97. The van der Waals surface area contributed by atoms with Crippen molar-refractivity contribution in [2.24, 2.45) is 0 Å². The van der Waals surface area contributed by atoms with Gasteiger partial charge in [0.25, 0.3) is 0 Å². The maximum absolute atomic E-state index is 12.8. The van der Waals surface area contributed by atoms with Gasteiger partial charge in [0.05, 0.1) is 11.1 Å². The van der Waals surface area contributed by atoms with E-state index in [9.17, 15) is 18.0 Å². The second kappa shape index (κ2) is 5.49. The first-order chi connectivity index (χ1) is 9.38. The van der Waals surface area contributed by atoms with Crippen LogP contribution in [0.2, 0.25) is 0 Å². The van der Waals surface area contributed by atoms with Crippen molar-refractivity contribution in [2.75, 3.05) is 0 Å². The molecule has 2 aromatic rings. The van der Waals surface area contributed by atoms with Crippen LogP contribution in [0.5, 0.6) is 0 Å². The molecule has 1 heterocycles. The highest BCUT2D eigenvalue weighted by atomic mass is 32.2. The fraction of sp³-hybridized carbons (Fsp3) is 0.0833. The van der Waals surface area contributed by atoms with Gasteiger partial charge < -0.3 is 5.11 Å². The highest BCUT2D eigenvalue weighted by Gasteiger charge is 2.35. The molecule has 0 amide bonds. The quantitative estimate of drug-likeness (QED) is 0.881. The molecule has 0 fully saturated rings. The monoisotopic (exact) mass is 300 g/mol. The minimum atomic E-state index is -4.73. The molecule has 2 rings (SSSR count). The molecule has 20 heavy (non-hydrogen) atoms. The molecule has 104 valence electrons. The second-order valence-corrected chi connectivity index (χ2v) is 4.68. The maximum atomic E-state index is 12.8. The van der Waals surface area contributed by atoms with Crippen LogP contribution in [0.1, 0.15) is 15.9 Å². The Kier molecular flexibility index (Phi) is 3.93. The molecule has 0 saturated carbocycles. The summed E-state index contributed by atoms with van der Waals surface area (Å²) in [6.07, 6.45) is -1.81. The van der Waals surface area contributed by atoms with Crippen molar-refractivity contribution < 1.29 is 23.1 Å². The Labute approximate surface area is 115 Å². The molecular weight excluding hydrogens is 293 g/mol. The van der Waals surface area contributed by atoms with Crippen LogP contribution >= 0.6 is 11.8 Å². The van der Waals surface area contributed by atoms with E-state index in [1.54, 1.807) is 6.07 Å². The maximum Gasteiger partial charge on any atom is 0.417 e. The Morgan fingerprint density at radius 1 is 1.20 bits per heavy atom. The van der Waals surface area contributed by atoms with Gasteiger partial charge in [-0.2, -0.15) is 13.2 Å². The number of benzene rings is 1. The van der Waals surface area contributed by atoms with Crippen molar-refractivity contribution in [1.82, 2.24) is 9.97 Å². The van der Waals surface area contributed by atoms with Gasteiger partial charge in [0, 0.05) is 17.3 Å². The van der Waals surface area contributed by atoms with E-state index in [2.05, 4.69) is 9.97 Å². The van der Waals surface area contributed by atoms with E-state index in [0.717, 1.165) is 23.9 Å². The Hall–Kier alpha value is -2.09. The standard InChI is InChI=1S/C12H7F3N2O2S/c13-12(14,15)9-6-7(2-3-8(9)10(18)19)20-11-16-4-1-5-17-11/h1-6H,(H,18,19). The molecule has 0 aliphatic rings. The van der Waals surface area contributed by atoms with Crippen molar-refractivity contribution in [1.29, 1.82) is 0 Å². The molecule has 1 aromatic heterocycles. The molecule has 0 atom stereocenters. The fourth-order valence-electron chi connectivity index (χ4n) is 1.45. The first kappa shape index (κ1) is 14.3. The average Bonchev–Trinajstić information content (AvgIpc) is 2.38. The number of carboxylic acids is 1. The number of hydrogen-bond donors (Lipinski definition) is 1. The molecule has 4 nitrogen and oxygen atoms in total. The van der Waals surface area contributed by atoms with Gasteiger partial charge in [0.1, 0.15) is 0 Å². The highest BCUT2D eigenvalue weighted by molar-refractivity contribution is 7.99. The van der Waals surface area contributed by atoms with E-state index in [0.29, 0.717) is 0 Å². The molecule has 0 unspecified atom stereocenters. The molecule has 1 N–H and O–H groups in total. The number of alkyl halides is 3. The summed E-state index contributed by atoms with van der Waals surface area (Å²) >= 11 is 0.923. The first-order valence-corrected chi connectivity index (χ1v) is 6.09. The smallest absolute Gasteiger partial charge is 0.417 e. The first-order valence-electron chi connectivity index (χ1n) is 5.27. The molecule has 0 radical (unpaired) electrons. The highest BCUT2D eigenvalue weighted by Crippen LogP contribution is 2.35. The van der Waals surface area contributed by atoms with Crippen LogP contribution in [-0.4, -0.2) is 21.0 Å². The fourth-order valence-corrected chi connectivity index (χ4v) is 2.20. The Morgan fingerprint density at radius 2 is 1.85 bits per heavy atom. The van der Waals surface area contributed by atoms with Gasteiger partial charge in [-0.05, 0) is 36.0 Å². The topological polar surface area (TPSA) is 63.1 Å². The summed E-state index contributed by atoms with van der Waals surface area (Å²) in [5, 5.41) is 9.06. The van der Waals surface area contributed by atoms with Crippen molar-refractivity contribution in [3.05, 3.63) is 47.8 Å². The lowest BCUT2D eigenvalue weighted by atomic mass is 10.1. The van der Waals surface area contributed by atoms with Crippen molar-refractivity contribution in [3.8, 4) is 0 Å². The van der Waals surface area contributed by atoms with Crippen LogP contribution in [0.15, 0.2) is 46.7 Å². The van der Waals surface area contributed by atoms with Gasteiger partial charge in [-0.1, -0.05) is 0 Å². The third kappa shape index (κ3) is 3.27. The molecule has 0 aliphatic heterocycles. The zero-order valence-electron chi connectivity index (χ0n) is 9.76. The lowest BCUT2D eigenvalue weighted by molar-refractivity contribution is -0.138. The van der Waals surface area contributed by atoms with Gasteiger partial charge in [0.15, 0.2) is 5.16 Å². The predicted molar refractivity (Wildman–Crippen MR) is 64.6 cm³/mol. The lowest BCUT2D eigenvalue weighted by Gasteiger charge is -2.11. The van der Waals surface area contributed by atoms with Gasteiger partial charge in [-0.25, -0.2) is 14.8 Å². The SMILES string of the molecule is O=C(O)c1ccc(Sc2ncccn2)cc1C(F)(F)F. The molecule has 0 aliphatic carbocycles. The van der Waals surface area contributed by atoms with Crippen LogP contribution in [0, 0.1) is 0 Å². The van der Waals surface area contributed by atoms with Crippen molar-refractivity contribution >= 4 is 17.7 Å². The molecule has 8 heteroatoms. The second-order valence-electron chi connectivity index (χ2n) is 3.64. The molecule has 1 aromatic carbocycles. The van der Waals surface area contributed by atoms with Gasteiger partial charge in [0.2, 0.25) is 0 Å². The third-order valence-electron chi connectivity index (χ3n) is 2.28. The van der Waals surface area contributed by atoms with Crippen LogP contribution in [0.25, 0.3) is 0 Å². The minimum absolute atomic E-state index is 0.216. The largest absolute Gasteiger partial charge is 0.478 e. The zero-order valence-corrected chi connectivity index (χ0v) is 10.6. The number of halogens is 3. The summed E-state index contributed by atoms with van der Waals surface area (Å²) in [7, 11) is 0. The summed E-state index contributed by atoms with van der Waals surface area (Å²) in [4.78, 5) is 18.8. The van der Waals surface area contributed by atoms with E-state index in [1.165, 1.54) is 18.5 Å². The number of nitrogens with zero attached hydrogens (tertiary/aromatic N) is 2. The lowest BCUT2D eigenvalue weighted by Crippen LogP contribution is -2.12. The van der Waals surface area contributed by atoms with Crippen molar-refractivity contribution in [3.63, 3.8) is 0 Å². The summed E-state index contributed by atoms with van der Waals surface area (Å²) in [6, 6.07) is 4.58. The van der Waals surface area contributed by atoms with Crippen LogP contribution in [0.4, 0.5) is 13.2 Å². The van der Waals surface area contributed by atoms with E-state index < -0.39 is 23.3 Å². The van der Waals surface area contributed by atoms with Gasteiger partial charge in [-0.15, -0.1) is 0 Å². The molecule has 0 bridgehead atoms. The average molecular weight is 300 g/mol. The third-order valence-corrected chi connectivity index (χ3v) is 3.16. The number of carbonyl (C=O) groups is 1. The van der Waals surface area contributed by atoms with Gasteiger partial charge in [-0.3, -0.25) is 0 Å². The molecule has 0 saturated heterocycles. The Balaban J connectivity index is 2.40. The number of carboxylic acid groups (broad SMARTS) is 1. The van der Waals surface area contributed by atoms with Gasteiger partial charge >= 0.3 is 12.1 Å². The van der Waals surface area contributed by atoms with E-state index in [-0.39, 0.29) is 10.1 Å². The Bertz CT molecular complexity index is 632. The van der Waals surface area contributed by atoms with E-state index in [4.69, 9.17) is 5.11 Å². The van der Waals surface area contributed by atoms with Crippen molar-refractivity contribution in [2.45, 2.75) is 16.2 Å². The minimum Gasteiger partial charge on any atom is -0.478 e. The number of hydrogen-bond acceptors (Lipinski definition) is 4. The van der Waals surface area contributed by atoms with Crippen LogP contribution in [-0.2, 0) is 6.18 Å². The van der Waals surface area contributed by atoms with E-state index in [1.807, 2.05) is 0 Å². The van der Waals surface area contributed by atoms with Crippen LogP contribution in [0.3, 0.4) is 0 Å². The summed E-state index contributed by atoms with van der Waals surface area (Å²) in [6.45, 7) is 0. The normalized spacial score (nSPS) is 11.3. The summed E-state index contributed by atoms with van der Waals surface area (Å²) < 4.78 is 38.5.